The lowest BCUT2D eigenvalue weighted by Gasteiger charge is -2.06. The second-order valence-corrected chi connectivity index (χ2v) is 5.35. The van der Waals surface area contributed by atoms with E-state index in [0.717, 1.165) is 18.9 Å². The lowest BCUT2D eigenvalue weighted by atomic mass is 10.0. The van der Waals surface area contributed by atoms with Gasteiger partial charge in [0.1, 0.15) is 0 Å². The largest absolute Gasteiger partial charge is 0.338 e. The zero-order valence-electron chi connectivity index (χ0n) is 12.3. The molecule has 2 N–H and O–H groups in total. The second kappa shape index (κ2) is 8.56. The van der Waals surface area contributed by atoms with Gasteiger partial charge in [-0.05, 0) is 12.3 Å². The van der Waals surface area contributed by atoms with Crippen LogP contribution in [0.1, 0.15) is 46.0 Å². The van der Waals surface area contributed by atoms with E-state index in [1.807, 2.05) is 7.05 Å². The molecule has 0 atom stereocenters. The third-order valence-corrected chi connectivity index (χ3v) is 2.95. The zero-order chi connectivity index (χ0) is 14.1. The Labute approximate surface area is 115 Å². The Morgan fingerprint density at radius 3 is 2.68 bits per heavy atom. The monoisotopic (exact) mass is 266 g/mol. The van der Waals surface area contributed by atoms with Crippen LogP contribution < -0.4 is 10.6 Å². The Bertz CT molecular complexity index is 373. The van der Waals surface area contributed by atoms with Crippen molar-refractivity contribution in [1.29, 1.82) is 0 Å². The molecule has 0 unspecified atom stereocenters. The van der Waals surface area contributed by atoms with Crippen molar-refractivity contribution in [3.05, 3.63) is 12.3 Å². The molecule has 0 saturated carbocycles. The van der Waals surface area contributed by atoms with Gasteiger partial charge in [-0.1, -0.05) is 39.5 Å². The SMILES string of the molecule is CC(C)CCCCCCNC(=O)Nc1ccn(C)n1. The van der Waals surface area contributed by atoms with Crippen LogP contribution in [0.15, 0.2) is 12.3 Å². The number of hydrogen-bond donors (Lipinski definition) is 2. The van der Waals surface area contributed by atoms with Crippen LogP contribution in [0.5, 0.6) is 0 Å². The average Bonchev–Trinajstić information content (AvgIpc) is 2.73. The van der Waals surface area contributed by atoms with Crippen molar-refractivity contribution in [3.8, 4) is 0 Å². The third-order valence-electron chi connectivity index (χ3n) is 2.95. The zero-order valence-corrected chi connectivity index (χ0v) is 12.3. The van der Waals surface area contributed by atoms with Crippen molar-refractivity contribution in [3.63, 3.8) is 0 Å². The summed E-state index contributed by atoms with van der Waals surface area (Å²) in [7, 11) is 1.82. The summed E-state index contributed by atoms with van der Waals surface area (Å²) in [5.74, 6) is 1.37. The number of anilines is 1. The standard InChI is InChI=1S/C14H26N4O/c1-12(2)8-6-4-5-7-10-15-14(19)16-13-9-11-18(3)17-13/h9,11-12H,4-8,10H2,1-3H3,(H2,15,16,17,19). The maximum Gasteiger partial charge on any atom is 0.320 e. The van der Waals surface area contributed by atoms with Gasteiger partial charge in [0, 0.05) is 25.9 Å². The summed E-state index contributed by atoms with van der Waals surface area (Å²) in [4.78, 5) is 11.5. The second-order valence-electron chi connectivity index (χ2n) is 5.35. The van der Waals surface area contributed by atoms with E-state index in [9.17, 15) is 4.79 Å². The number of nitrogens with zero attached hydrogens (tertiary/aromatic N) is 2. The molecule has 0 aromatic carbocycles. The summed E-state index contributed by atoms with van der Waals surface area (Å²) >= 11 is 0. The number of carbonyl (C=O) groups excluding carboxylic acids is 1. The lowest BCUT2D eigenvalue weighted by molar-refractivity contribution is 0.251. The van der Waals surface area contributed by atoms with E-state index < -0.39 is 0 Å². The van der Waals surface area contributed by atoms with E-state index in [0.29, 0.717) is 5.82 Å². The number of hydrogen-bond acceptors (Lipinski definition) is 2. The van der Waals surface area contributed by atoms with Crippen LogP contribution in [0.25, 0.3) is 0 Å². The van der Waals surface area contributed by atoms with Crippen LogP contribution >= 0.6 is 0 Å². The van der Waals surface area contributed by atoms with Gasteiger partial charge in [0.15, 0.2) is 5.82 Å². The number of unbranched alkanes of at least 4 members (excludes halogenated alkanes) is 3. The van der Waals surface area contributed by atoms with Gasteiger partial charge in [-0.3, -0.25) is 10.00 Å². The molecular weight excluding hydrogens is 240 g/mol. The summed E-state index contributed by atoms with van der Waals surface area (Å²) in [6, 6.07) is 1.59. The Hall–Kier alpha value is -1.52. The molecule has 19 heavy (non-hydrogen) atoms. The lowest BCUT2D eigenvalue weighted by Crippen LogP contribution is -2.29. The van der Waals surface area contributed by atoms with Crippen molar-refractivity contribution in [2.45, 2.75) is 46.0 Å². The van der Waals surface area contributed by atoms with Crippen molar-refractivity contribution >= 4 is 11.8 Å². The molecule has 0 radical (unpaired) electrons. The van der Waals surface area contributed by atoms with Gasteiger partial charge in [0.25, 0.3) is 0 Å². The summed E-state index contributed by atoms with van der Waals surface area (Å²) < 4.78 is 1.66. The molecule has 1 rings (SSSR count). The predicted molar refractivity (Wildman–Crippen MR) is 78.2 cm³/mol. The maximum atomic E-state index is 11.5. The summed E-state index contributed by atoms with van der Waals surface area (Å²) in [6.45, 7) is 5.23. The molecule has 2 amide bonds. The number of aryl methyl sites for hydroxylation is 1. The fourth-order valence-corrected chi connectivity index (χ4v) is 1.88. The van der Waals surface area contributed by atoms with E-state index in [2.05, 4.69) is 29.6 Å². The number of aromatic nitrogens is 2. The van der Waals surface area contributed by atoms with Crippen molar-refractivity contribution < 1.29 is 4.79 Å². The molecule has 5 nitrogen and oxygen atoms in total. The average molecular weight is 266 g/mol. The smallest absolute Gasteiger partial charge is 0.320 e. The van der Waals surface area contributed by atoms with E-state index in [4.69, 9.17) is 0 Å². The first-order valence-electron chi connectivity index (χ1n) is 7.12. The quantitative estimate of drug-likeness (QED) is 0.710. The molecule has 1 aromatic heterocycles. The van der Waals surface area contributed by atoms with Gasteiger partial charge >= 0.3 is 6.03 Å². The van der Waals surface area contributed by atoms with Crippen LogP contribution in [0.2, 0.25) is 0 Å². The summed E-state index contributed by atoms with van der Waals surface area (Å²) in [5, 5.41) is 9.62. The Balaban J connectivity index is 1.99. The molecule has 0 aliphatic heterocycles. The normalized spacial score (nSPS) is 10.7. The van der Waals surface area contributed by atoms with Gasteiger partial charge in [0.2, 0.25) is 0 Å². The first kappa shape index (κ1) is 15.5. The molecule has 0 aliphatic carbocycles. The summed E-state index contributed by atoms with van der Waals surface area (Å²) in [5.41, 5.74) is 0. The minimum Gasteiger partial charge on any atom is -0.338 e. The molecule has 108 valence electrons. The fourth-order valence-electron chi connectivity index (χ4n) is 1.88. The molecule has 1 aromatic rings. The first-order valence-corrected chi connectivity index (χ1v) is 7.12. The van der Waals surface area contributed by atoms with Gasteiger partial charge in [-0.15, -0.1) is 0 Å². The Morgan fingerprint density at radius 2 is 2.05 bits per heavy atom. The van der Waals surface area contributed by atoms with Gasteiger partial charge in [0.05, 0.1) is 0 Å². The number of nitrogens with one attached hydrogen (secondary N) is 2. The minimum atomic E-state index is -0.180. The molecule has 1 heterocycles. The highest BCUT2D eigenvalue weighted by Crippen LogP contribution is 2.09. The van der Waals surface area contributed by atoms with E-state index in [1.54, 1.807) is 16.9 Å². The molecule has 0 aliphatic rings. The molecular formula is C14H26N4O. The topological polar surface area (TPSA) is 59.0 Å². The highest BCUT2D eigenvalue weighted by molar-refractivity contribution is 5.88. The van der Waals surface area contributed by atoms with Crippen LogP contribution in [0.3, 0.4) is 0 Å². The van der Waals surface area contributed by atoms with Crippen LogP contribution in [-0.2, 0) is 7.05 Å². The molecule has 0 bridgehead atoms. The van der Waals surface area contributed by atoms with Crippen LogP contribution in [0, 0.1) is 5.92 Å². The number of rotatable bonds is 8. The van der Waals surface area contributed by atoms with Gasteiger partial charge < -0.3 is 5.32 Å². The van der Waals surface area contributed by atoms with E-state index in [-0.39, 0.29) is 6.03 Å². The molecule has 0 saturated heterocycles. The van der Waals surface area contributed by atoms with Gasteiger partial charge in [-0.2, -0.15) is 5.10 Å². The Kier molecular flexibility index (Phi) is 7.00. The number of amides is 2. The Morgan fingerprint density at radius 1 is 1.32 bits per heavy atom. The number of carbonyl (C=O) groups is 1. The molecule has 0 fully saturated rings. The van der Waals surface area contributed by atoms with Crippen molar-refractivity contribution in [1.82, 2.24) is 15.1 Å². The third kappa shape index (κ3) is 7.49. The first-order chi connectivity index (χ1) is 9.08. The molecule has 0 spiro atoms. The fraction of sp³-hybridized carbons (Fsp3) is 0.714. The van der Waals surface area contributed by atoms with Crippen LogP contribution in [-0.4, -0.2) is 22.4 Å². The minimum absolute atomic E-state index is 0.180. The van der Waals surface area contributed by atoms with Crippen LogP contribution in [0.4, 0.5) is 10.6 Å². The highest BCUT2D eigenvalue weighted by atomic mass is 16.2. The van der Waals surface area contributed by atoms with E-state index >= 15 is 0 Å². The van der Waals surface area contributed by atoms with Crippen molar-refractivity contribution in [2.24, 2.45) is 13.0 Å². The molecule has 5 heteroatoms. The van der Waals surface area contributed by atoms with Gasteiger partial charge in [-0.25, -0.2) is 4.79 Å². The number of urea groups is 1. The van der Waals surface area contributed by atoms with E-state index in [1.165, 1.54) is 25.7 Å². The van der Waals surface area contributed by atoms with Crippen molar-refractivity contribution in [2.75, 3.05) is 11.9 Å². The predicted octanol–water partition coefficient (Wildman–Crippen LogP) is 3.15. The highest BCUT2D eigenvalue weighted by Gasteiger charge is 2.02. The summed E-state index contributed by atoms with van der Waals surface area (Å²) in [6.07, 6.45) is 7.85. The maximum absolute atomic E-state index is 11.5.